The Bertz CT molecular complexity index is 5770. The third kappa shape index (κ3) is 8.91. The SMILES string of the molecule is CCC(C)(C)c1cc(-c2ccc(-c3cc(-c4ccccc4)cc(-c4ccc(-n5c6ccc(-c7ccc8c(c7)C7(c9ccccc9-c9ccccc97)c7ccccc7-8)cc6c6cc(-c7ccc8c(c7)C7(c9ccccc9-c9ccccc97)c7ccccc7-8)ccc65)cc4)c3)cc2)cc(C(C)(C)CC)c1. The minimum atomic E-state index is -0.444. The standard InChI is InChI=1S/C102H77N/c1-7-99(3,4)76-57-75(58-77(63-76)100(5,6)8-2)66-40-38-65(39-41-66)73-54-72(64-24-10-9-11-25-64)55-74(56-73)67-42-48-78(49-43-67)103-97-52-46-68(70-44-50-85-83-30-16-22-36-93(83)101(95(85)61-70)89-32-18-12-26-79(89)80-27-13-19-33-90(80)101)59-87(97)88-60-69(47-53-98(88)103)71-45-51-86-84-31-17-23-37-94(84)102(96(86)62-71)91-34-20-14-28-81(91)82-29-15-21-35-92(82)102/h9-63H,7-8H2,1-6H3. The van der Waals surface area contributed by atoms with Gasteiger partial charge in [-0.1, -0.05) is 308 Å². The summed E-state index contributed by atoms with van der Waals surface area (Å²) in [6.45, 7) is 14.1. The van der Waals surface area contributed by atoms with Gasteiger partial charge in [-0.15, -0.1) is 0 Å². The van der Waals surface area contributed by atoms with Crippen LogP contribution in [0.5, 0.6) is 0 Å². The van der Waals surface area contributed by atoms with E-state index in [1.807, 2.05) is 0 Å². The van der Waals surface area contributed by atoms with E-state index in [2.05, 4.69) is 380 Å². The van der Waals surface area contributed by atoms with Crippen molar-refractivity contribution in [1.82, 2.24) is 4.57 Å². The van der Waals surface area contributed by atoms with E-state index in [1.54, 1.807) is 0 Å². The van der Waals surface area contributed by atoms with Crippen LogP contribution in [0.15, 0.2) is 334 Å². The first-order valence-corrected chi connectivity index (χ1v) is 37.0. The summed E-state index contributed by atoms with van der Waals surface area (Å²) in [4.78, 5) is 0. The highest BCUT2D eigenvalue weighted by Gasteiger charge is 2.53. The van der Waals surface area contributed by atoms with Crippen molar-refractivity contribution in [3.63, 3.8) is 0 Å². The highest BCUT2D eigenvalue weighted by atomic mass is 15.0. The maximum absolute atomic E-state index is 2.53. The zero-order valence-corrected chi connectivity index (χ0v) is 59.1. The highest BCUT2D eigenvalue weighted by Crippen LogP contribution is 2.65. The number of hydrogen-bond donors (Lipinski definition) is 0. The van der Waals surface area contributed by atoms with Crippen LogP contribution in [0.3, 0.4) is 0 Å². The van der Waals surface area contributed by atoms with Crippen molar-refractivity contribution in [3.05, 3.63) is 389 Å². The largest absolute Gasteiger partial charge is 0.309 e. The van der Waals surface area contributed by atoms with Crippen LogP contribution >= 0.6 is 0 Å². The molecule has 20 rings (SSSR count). The molecular weight excluding hydrogens is 1240 g/mol. The molecule has 16 aromatic rings. The second kappa shape index (κ2) is 22.8. The number of aromatic nitrogens is 1. The number of benzene rings is 15. The first kappa shape index (κ1) is 61.0. The van der Waals surface area contributed by atoms with E-state index < -0.39 is 10.8 Å². The van der Waals surface area contributed by atoms with Crippen LogP contribution < -0.4 is 0 Å². The molecule has 0 bridgehead atoms. The molecular formula is C102H77N. The van der Waals surface area contributed by atoms with Gasteiger partial charge < -0.3 is 4.57 Å². The molecule has 1 heteroatoms. The summed E-state index contributed by atoms with van der Waals surface area (Å²) in [6, 6.07) is 128. The summed E-state index contributed by atoms with van der Waals surface area (Å²) < 4.78 is 2.50. The van der Waals surface area contributed by atoms with Gasteiger partial charge in [0, 0.05) is 16.5 Å². The molecule has 0 amide bonds. The molecule has 490 valence electrons. The lowest BCUT2D eigenvalue weighted by atomic mass is 9.70. The number of rotatable bonds is 11. The smallest absolute Gasteiger partial charge is 0.0725 e. The summed E-state index contributed by atoms with van der Waals surface area (Å²) in [5.74, 6) is 0. The lowest BCUT2D eigenvalue weighted by Crippen LogP contribution is -2.25. The summed E-state index contributed by atoms with van der Waals surface area (Å²) in [7, 11) is 0. The van der Waals surface area contributed by atoms with Gasteiger partial charge in [0.25, 0.3) is 0 Å². The van der Waals surface area contributed by atoms with Gasteiger partial charge >= 0.3 is 0 Å². The van der Waals surface area contributed by atoms with Crippen LogP contribution in [0.4, 0.5) is 0 Å². The van der Waals surface area contributed by atoms with Gasteiger partial charge in [-0.25, -0.2) is 0 Å². The van der Waals surface area contributed by atoms with E-state index in [0.29, 0.717) is 0 Å². The predicted octanol–water partition coefficient (Wildman–Crippen LogP) is 26.8. The molecule has 0 atom stereocenters. The molecule has 0 aliphatic heterocycles. The Hall–Kier alpha value is -11.9. The average molecular weight is 1320 g/mol. The second-order valence-electron chi connectivity index (χ2n) is 30.7. The lowest BCUT2D eigenvalue weighted by Gasteiger charge is -2.30. The van der Waals surface area contributed by atoms with Crippen LogP contribution in [0.2, 0.25) is 0 Å². The molecule has 103 heavy (non-hydrogen) atoms. The first-order chi connectivity index (χ1) is 50.4. The summed E-state index contributed by atoms with van der Waals surface area (Å²) >= 11 is 0. The molecule has 0 fully saturated rings. The minimum Gasteiger partial charge on any atom is -0.309 e. The Kier molecular flexibility index (Phi) is 13.5. The van der Waals surface area contributed by atoms with Gasteiger partial charge in [0.1, 0.15) is 0 Å². The Labute approximate surface area is 604 Å². The van der Waals surface area contributed by atoms with Crippen molar-refractivity contribution in [2.24, 2.45) is 0 Å². The Morgan fingerprint density at radius 1 is 0.223 bits per heavy atom. The molecule has 0 N–H and O–H groups in total. The van der Waals surface area contributed by atoms with Crippen LogP contribution in [0, 0.1) is 0 Å². The van der Waals surface area contributed by atoms with Crippen LogP contribution in [-0.2, 0) is 21.7 Å². The van der Waals surface area contributed by atoms with Crippen molar-refractivity contribution in [3.8, 4) is 117 Å². The summed E-state index contributed by atoms with van der Waals surface area (Å²) in [6.07, 6.45) is 2.16. The van der Waals surface area contributed by atoms with E-state index in [-0.39, 0.29) is 10.8 Å². The molecule has 1 aromatic heterocycles. The van der Waals surface area contributed by atoms with Crippen molar-refractivity contribution < 1.29 is 0 Å². The van der Waals surface area contributed by atoms with Crippen molar-refractivity contribution in [2.45, 2.75) is 76.0 Å². The van der Waals surface area contributed by atoms with Crippen LogP contribution in [0.1, 0.15) is 110 Å². The van der Waals surface area contributed by atoms with Gasteiger partial charge in [0.05, 0.1) is 21.9 Å². The Balaban J connectivity index is 0.734. The van der Waals surface area contributed by atoms with Gasteiger partial charge in [0.2, 0.25) is 0 Å². The lowest BCUT2D eigenvalue weighted by molar-refractivity contribution is 0.489. The summed E-state index contributed by atoms with van der Waals surface area (Å²) in [5, 5.41) is 2.43. The third-order valence-electron chi connectivity index (χ3n) is 24.7. The topological polar surface area (TPSA) is 4.93 Å². The Morgan fingerprint density at radius 3 is 0.845 bits per heavy atom. The second-order valence-corrected chi connectivity index (χ2v) is 30.7. The van der Waals surface area contributed by atoms with Gasteiger partial charge in [-0.3, -0.25) is 0 Å². The first-order valence-electron chi connectivity index (χ1n) is 37.0. The highest BCUT2D eigenvalue weighted by molar-refractivity contribution is 6.12. The maximum Gasteiger partial charge on any atom is 0.0725 e. The van der Waals surface area contributed by atoms with E-state index >= 15 is 0 Å². The van der Waals surface area contributed by atoms with Crippen molar-refractivity contribution in [2.75, 3.05) is 0 Å². The van der Waals surface area contributed by atoms with Crippen molar-refractivity contribution >= 4 is 21.8 Å². The summed E-state index contributed by atoms with van der Waals surface area (Å²) in [5.41, 5.74) is 41.2. The molecule has 0 radical (unpaired) electrons. The molecule has 0 unspecified atom stereocenters. The minimum absolute atomic E-state index is 0.0704. The molecule has 1 heterocycles. The van der Waals surface area contributed by atoms with Gasteiger partial charge in [-0.2, -0.15) is 0 Å². The van der Waals surface area contributed by atoms with Gasteiger partial charge in [0.15, 0.2) is 0 Å². The van der Waals surface area contributed by atoms with Gasteiger partial charge in [-0.05, 0) is 257 Å². The fraction of sp³-hybridized carbons (Fsp3) is 0.118. The monoisotopic (exact) mass is 1320 g/mol. The molecule has 2 spiro atoms. The van der Waals surface area contributed by atoms with E-state index in [4.69, 9.17) is 0 Å². The molecule has 15 aromatic carbocycles. The fourth-order valence-electron chi connectivity index (χ4n) is 18.6. The molecule has 0 saturated heterocycles. The third-order valence-corrected chi connectivity index (χ3v) is 24.7. The van der Waals surface area contributed by atoms with Crippen LogP contribution in [-0.4, -0.2) is 4.57 Å². The normalized spacial score (nSPS) is 13.8. The molecule has 1 nitrogen and oxygen atoms in total. The number of fused-ring (bicyclic) bond motifs is 23. The van der Waals surface area contributed by atoms with E-state index in [9.17, 15) is 0 Å². The van der Waals surface area contributed by atoms with Crippen molar-refractivity contribution in [1.29, 1.82) is 0 Å². The number of hydrogen-bond acceptors (Lipinski definition) is 0. The van der Waals surface area contributed by atoms with Crippen LogP contribution in [0.25, 0.3) is 139 Å². The quantitative estimate of drug-likeness (QED) is 0.122. The van der Waals surface area contributed by atoms with E-state index in [0.717, 1.165) is 29.6 Å². The fourth-order valence-corrected chi connectivity index (χ4v) is 18.6. The zero-order valence-electron chi connectivity index (χ0n) is 59.1. The molecule has 0 saturated carbocycles. The molecule has 4 aliphatic carbocycles. The average Bonchev–Trinajstić information content (AvgIpc) is 1.52. The predicted molar refractivity (Wildman–Crippen MR) is 433 cm³/mol. The maximum atomic E-state index is 2.53. The zero-order chi connectivity index (χ0) is 69.1. The Morgan fingerprint density at radius 2 is 0.495 bits per heavy atom. The van der Waals surface area contributed by atoms with E-state index in [1.165, 1.54) is 178 Å². The molecule has 4 aliphatic rings. The number of nitrogens with zero attached hydrogens (tertiary/aromatic N) is 1.